The Hall–Kier alpha value is -3.40. The summed E-state index contributed by atoms with van der Waals surface area (Å²) < 4.78 is 1.48. The number of nitrogens with zero attached hydrogens (tertiary/aromatic N) is 4. The molecule has 1 atom stereocenters. The maximum atomic E-state index is 12.6. The predicted octanol–water partition coefficient (Wildman–Crippen LogP) is 0.119. The molecule has 0 saturated carbocycles. The fourth-order valence-corrected chi connectivity index (χ4v) is 2.87. The van der Waals surface area contributed by atoms with Crippen molar-refractivity contribution in [3.05, 3.63) is 59.2 Å². The van der Waals surface area contributed by atoms with Gasteiger partial charge in [0.2, 0.25) is 5.78 Å². The van der Waals surface area contributed by atoms with Crippen molar-refractivity contribution >= 4 is 28.9 Å². The van der Waals surface area contributed by atoms with Crippen LogP contribution in [-0.4, -0.2) is 43.2 Å². The highest BCUT2D eigenvalue weighted by molar-refractivity contribution is 7.07. The first-order valence-corrected chi connectivity index (χ1v) is 8.46. The van der Waals surface area contributed by atoms with E-state index in [0.717, 1.165) is 0 Å². The zero-order valence-corrected chi connectivity index (χ0v) is 14.2. The van der Waals surface area contributed by atoms with Crippen LogP contribution < -0.4 is 11.1 Å². The van der Waals surface area contributed by atoms with Crippen LogP contribution in [0.15, 0.2) is 47.8 Å². The molecule has 3 aromatic rings. The molecule has 0 spiro atoms. The number of rotatable bonds is 7. The number of hydrogen-bond donors (Lipinski definition) is 2. The molecule has 1 unspecified atom stereocenters. The SMILES string of the molecule is NC(=O)C(=O)C(Cc1cscn1)NC(=O)c1cncn1-c1ccccn1. The van der Waals surface area contributed by atoms with Crippen LogP contribution in [0, 0.1) is 0 Å². The Morgan fingerprint density at radius 1 is 1.27 bits per heavy atom. The number of thiazole rings is 1. The third-order valence-corrected chi connectivity index (χ3v) is 4.16. The second-order valence-electron chi connectivity index (χ2n) is 5.28. The van der Waals surface area contributed by atoms with Crippen LogP contribution in [0.5, 0.6) is 0 Å². The number of carbonyl (C=O) groups is 3. The quantitative estimate of drug-likeness (QED) is 0.568. The second-order valence-corrected chi connectivity index (χ2v) is 5.99. The molecule has 0 radical (unpaired) electrons. The zero-order valence-electron chi connectivity index (χ0n) is 13.4. The second kappa shape index (κ2) is 7.66. The minimum absolute atomic E-state index is 0.0642. The summed E-state index contributed by atoms with van der Waals surface area (Å²) in [5.74, 6) is -2.10. The Bertz CT molecular complexity index is 923. The highest BCUT2D eigenvalue weighted by Crippen LogP contribution is 2.10. The topological polar surface area (TPSA) is 133 Å². The fraction of sp³-hybridized carbons (Fsp3) is 0.125. The first-order valence-electron chi connectivity index (χ1n) is 7.51. The highest BCUT2D eigenvalue weighted by atomic mass is 32.1. The summed E-state index contributed by atoms with van der Waals surface area (Å²) in [4.78, 5) is 48.2. The Balaban J connectivity index is 1.83. The van der Waals surface area contributed by atoms with E-state index in [1.807, 2.05) is 0 Å². The molecule has 0 aliphatic carbocycles. The largest absolute Gasteiger partial charge is 0.363 e. The Morgan fingerprint density at radius 2 is 2.12 bits per heavy atom. The van der Waals surface area contributed by atoms with E-state index in [9.17, 15) is 14.4 Å². The van der Waals surface area contributed by atoms with Gasteiger partial charge in [-0.25, -0.2) is 15.0 Å². The first kappa shape index (κ1) is 17.4. The number of nitrogens with two attached hydrogens (primary N) is 1. The number of hydrogen-bond acceptors (Lipinski definition) is 7. The Labute approximate surface area is 151 Å². The lowest BCUT2D eigenvalue weighted by molar-refractivity contribution is -0.137. The van der Waals surface area contributed by atoms with Crippen molar-refractivity contribution in [2.24, 2.45) is 5.73 Å². The average Bonchev–Trinajstić information content (AvgIpc) is 3.32. The standard InChI is InChI=1S/C16H14N6O3S/c17-15(24)14(23)11(5-10-7-26-9-20-10)21-16(25)12-6-18-8-22(12)13-3-1-2-4-19-13/h1-4,6-9,11H,5H2,(H2,17,24)(H,21,25). The zero-order chi connectivity index (χ0) is 18.5. The summed E-state index contributed by atoms with van der Waals surface area (Å²) in [6, 6.07) is 4.11. The van der Waals surface area contributed by atoms with E-state index in [1.54, 1.807) is 35.3 Å². The maximum absolute atomic E-state index is 12.6. The van der Waals surface area contributed by atoms with Crippen LogP contribution in [0.25, 0.3) is 5.82 Å². The number of nitrogens with one attached hydrogen (secondary N) is 1. The van der Waals surface area contributed by atoms with Crippen molar-refractivity contribution in [2.45, 2.75) is 12.5 Å². The molecule has 2 amide bonds. The number of aromatic nitrogens is 4. The average molecular weight is 370 g/mol. The highest BCUT2D eigenvalue weighted by Gasteiger charge is 2.27. The van der Waals surface area contributed by atoms with Gasteiger partial charge in [-0.15, -0.1) is 11.3 Å². The van der Waals surface area contributed by atoms with Crippen LogP contribution in [0.1, 0.15) is 16.2 Å². The smallest absolute Gasteiger partial charge is 0.287 e. The molecule has 9 nitrogen and oxygen atoms in total. The van der Waals surface area contributed by atoms with Crippen LogP contribution in [0.3, 0.4) is 0 Å². The molecule has 132 valence electrons. The maximum Gasteiger partial charge on any atom is 0.287 e. The third kappa shape index (κ3) is 3.81. The summed E-state index contributed by atoms with van der Waals surface area (Å²) >= 11 is 1.34. The van der Waals surface area contributed by atoms with Gasteiger partial charge in [0.25, 0.3) is 11.8 Å². The number of primary amides is 1. The van der Waals surface area contributed by atoms with Gasteiger partial charge in [-0.3, -0.25) is 19.0 Å². The normalized spacial score (nSPS) is 11.7. The van der Waals surface area contributed by atoms with E-state index in [2.05, 4.69) is 20.3 Å². The Kier molecular flexibility index (Phi) is 5.13. The molecule has 0 aromatic carbocycles. The number of pyridine rings is 1. The van der Waals surface area contributed by atoms with E-state index >= 15 is 0 Å². The van der Waals surface area contributed by atoms with Gasteiger partial charge in [0.15, 0.2) is 0 Å². The number of amides is 2. The summed E-state index contributed by atoms with van der Waals surface area (Å²) in [5.41, 5.74) is 7.44. The van der Waals surface area contributed by atoms with Crippen molar-refractivity contribution in [3.63, 3.8) is 0 Å². The van der Waals surface area contributed by atoms with E-state index in [0.29, 0.717) is 11.5 Å². The van der Waals surface area contributed by atoms with Gasteiger partial charge in [-0.1, -0.05) is 6.07 Å². The number of ketones is 1. The first-order chi connectivity index (χ1) is 12.6. The molecule has 0 saturated heterocycles. The van der Waals surface area contributed by atoms with E-state index < -0.39 is 23.6 Å². The molecular weight excluding hydrogens is 356 g/mol. The van der Waals surface area contributed by atoms with Gasteiger partial charge in [0.1, 0.15) is 23.9 Å². The number of carbonyl (C=O) groups excluding carboxylic acids is 3. The molecule has 0 fully saturated rings. The lowest BCUT2D eigenvalue weighted by atomic mass is 10.1. The van der Waals surface area contributed by atoms with Crippen LogP contribution >= 0.6 is 11.3 Å². The fourth-order valence-electron chi connectivity index (χ4n) is 2.30. The summed E-state index contributed by atoms with van der Waals surface area (Å²) in [6.45, 7) is 0. The molecule has 10 heteroatoms. The lowest BCUT2D eigenvalue weighted by Crippen LogP contribution is -2.47. The number of Topliss-reactive ketones (excluding diaryl/α,β-unsaturated/α-hetero) is 1. The number of imidazole rings is 1. The van der Waals surface area contributed by atoms with Crippen LogP contribution in [0.2, 0.25) is 0 Å². The third-order valence-electron chi connectivity index (χ3n) is 3.53. The predicted molar refractivity (Wildman–Crippen MR) is 92.6 cm³/mol. The van der Waals surface area contributed by atoms with Gasteiger partial charge in [-0.2, -0.15) is 0 Å². The van der Waals surface area contributed by atoms with Crippen molar-refractivity contribution in [1.29, 1.82) is 0 Å². The van der Waals surface area contributed by atoms with Crippen molar-refractivity contribution < 1.29 is 14.4 Å². The molecule has 26 heavy (non-hydrogen) atoms. The van der Waals surface area contributed by atoms with Gasteiger partial charge in [0.05, 0.1) is 17.4 Å². The van der Waals surface area contributed by atoms with Gasteiger partial charge >= 0.3 is 0 Å². The van der Waals surface area contributed by atoms with Gasteiger partial charge in [-0.05, 0) is 12.1 Å². The molecule has 0 aliphatic rings. The molecule has 0 aliphatic heterocycles. The molecular formula is C16H14N6O3S. The lowest BCUT2D eigenvalue weighted by Gasteiger charge is -2.15. The van der Waals surface area contributed by atoms with Crippen molar-refractivity contribution in [2.75, 3.05) is 0 Å². The molecule has 3 rings (SSSR count). The minimum atomic E-state index is -1.12. The molecule has 0 bridgehead atoms. The minimum Gasteiger partial charge on any atom is -0.363 e. The van der Waals surface area contributed by atoms with Gasteiger partial charge in [0, 0.05) is 18.0 Å². The summed E-state index contributed by atoms with van der Waals surface area (Å²) in [7, 11) is 0. The van der Waals surface area contributed by atoms with Gasteiger partial charge < -0.3 is 11.1 Å². The Morgan fingerprint density at radius 3 is 2.77 bits per heavy atom. The summed E-state index contributed by atoms with van der Waals surface area (Å²) in [6.07, 6.45) is 4.43. The summed E-state index contributed by atoms with van der Waals surface area (Å²) in [5, 5.41) is 4.26. The van der Waals surface area contributed by atoms with E-state index in [4.69, 9.17) is 5.73 Å². The molecule has 3 heterocycles. The van der Waals surface area contributed by atoms with Crippen molar-refractivity contribution in [3.8, 4) is 5.82 Å². The van der Waals surface area contributed by atoms with Crippen LogP contribution in [0.4, 0.5) is 0 Å². The van der Waals surface area contributed by atoms with E-state index in [1.165, 1.54) is 28.4 Å². The van der Waals surface area contributed by atoms with Crippen LogP contribution in [-0.2, 0) is 16.0 Å². The van der Waals surface area contributed by atoms with E-state index in [-0.39, 0.29) is 12.1 Å². The molecule has 3 aromatic heterocycles. The van der Waals surface area contributed by atoms with Crippen molar-refractivity contribution in [1.82, 2.24) is 24.8 Å². The molecule has 3 N–H and O–H groups in total. The monoisotopic (exact) mass is 370 g/mol.